The molecular weight excluding hydrogens is 291 g/mol. The van der Waals surface area contributed by atoms with E-state index in [2.05, 4.69) is 6.92 Å². The summed E-state index contributed by atoms with van der Waals surface area (Å²) in [5.41, 5.74) is 0. The molecule has 0 heterocycles. The number of unbranched alkanes of at least 4 members (excludes halogenated alkanes) is 3. The zero-order valence-corrected chi connectivity index (χ0v) is 16.5. The Morgan fingerprint density at radius 2 is 1.53 bits per heavy atom. The molecule has 0 aromatic heterocycles. The summed E-state index contributed by atoms with van der Waals surface area (Å²) in [6, 6.07) is 0. The van der Waals surface area contributed by atoms with Gasteiger partial charge in [-0.05, 0) is 25.7 Å². The second kappa shape index (κ2) is 13.2. The molecule has 0 spiro atoms. The van der Waals surface area contributed by atoms with Gasteiger partial charge in [-0.25, -0.2) is 8.42 Å². The molecule has 0 amide bonds. The molecule has 19 heavy (non-hydrogen) atoms. The third-order valence-electron chi connectivity index (χ3n) is 3.25. The first-order valence-corrected chi connectivity index (χ1v) is 8.51. The Bertz CT molecular complexity index is 293. The van der Waals surface area contributed by atoms with E-state index in [4.69, 9.17) is 0 Å². The van der Waals surface area contributed by atoms with Gasteiger partial charge in [0.05, 0.1) is 16.2 Å². The molecule has 0 fully saturated rings. The molecule has 0 rings (SSSR count). The summed E-state index contributed by atoms with van der Waals surface area (Å²) >= 11 is 0. The van der Waals surface area contributed by atoms with Gasteiger partial charge in [-0.3, -0.25) is 0 Å². The maximum absolute atomic E-state index is 11.1. The van der Waals surface area contributed by atoms with Gasteiger partial charge >= 0.3 is 51.4 Å². The Balaban J connectivity index is 0. The van der Waals surface area contributed by atoms with Crippen LogP contribution in [0.5, 0.6) is 0 Å². The molecule has 0 radical (unpaired) electrons. The zero-order chi connectivity index (χ0) is 14.0. The van der Waals surface area contributed by atoms with Gasteiger partial charge in [0.15, 0.2) is 0 Å². The molecule has 0 saturated heterocycles. The van der Waals surface area contributed by atoms with Crippen LogP contribution in [0.2, 0.25) is 0 Å². The molecule has 0 saturated carbocycles. The van der Waals surface area contributed by atoms with E-state index < -0.39 is 21.5 Å². The maximum Gasteiger partial charge on any atom is 1.00 e. The molecular formula is C13H27KO4S. The molecule has 2 atom stereocenters. The smallest absolute Gasteiger partial charge is 0.748 e. The van der Waals surface area contributed by atoms with Crippen LogP contribution in [0.1, 0.15) is 71.6 Å². The van der Waals surface area contributed by atoms with Crippen LogP contribution in [0, 0.1) is 0 Å². The Kier molecular flexibility index (Phi) is 15.8. The number of rotatable bonds is 11. The van der Waals surface area contributed by atoms with E-state index in [9.17, 15) is 18.1 Å². The Morgan fingerprint density at radius 1 is 0.947 bits per heavy atom. The van der Waals surface area contributed by atoms with Gasteiger partial charge in [-0.2, -0.15) is 0 Å². The van der Waals surface area contributed by atoms with Gasteiger partial charge in [0, 0.05) is 5.25 Å². The Morgan fingerprint density at radius 3 is 2.00 bits per heavy atom. The van der Waals surface area contributed by atoms with Gasteiger partial charge in [0.2, 0.25) is 0 Å². The standard InChI is InChI=1S/C13H28O4S.K/c1-3-5-7-8-12(14)10-11-13(9-6-4-2)18(15,16)17;/h12-14H,3-11H2,1-2H3,(H,15,16,17);/q;+1/p-1. The maximum atomic E-state index is 11.1. The molecule has 0 bridgehead atoms. The van der Waals surface area contributed by atoms with E-state index in [1.54, 1.807) is 0 Å². The molecule has 1 N–H and O–H groups in total. The van der Waals surface area contributed by atoms with Crippen LogP contribution in [0.25, 0.3) is 0 Å². The van der Waals surface area contributed by atoms with Gasteiger partial charge in [-0.1, -0.05) is 46.0 Å². The van der Waals surface area contributed by atoms with Crippen LogP contribution in [0.3, 0.4) is 0 Å². The SMILES string of the molecule is CCCCCC(O)CCC(CCCC)S(=O)(=O)[O-].[K+]. The molecule has 0 aliphatic carbocycles. The van der Waals surface area contributed by atoms with Crippen molar-refractivity contribution in [2.24, 2.45) is 0 Å². The van der Waals surface area contributed by atoms with Crippen molar-refractivity contribution >= 4 is 10.1 Å². The predicted octanol–water partition coefficient (Wildman–Crippen LogP) is -0.184. The van der Waals surface area contributed by atoms with Crippen LogP contribution in [0.4, 0.5) is 0 Å². The minimum Gasteiger partial charge on any atom is -0.748 e. The summed E-state index contributed by atoms with van der Waals surface area (Å²) in [6.45, 7) is 4.06. The topological polar surface area (TPSA) is 77.4 Å². The largest absolute Gasteiger partial charge is 1.00 e. The van der Waals surface area contributed by atoms with Crippen molar-refractivity contribution < 1.29 is 69.5 Å². The summed E-state index contributed by atoms with van der Waals surface area (Å²) in [7, 11) is -4.22. The van der Waals surface area contributed by atoms with Crippen molar-refractivity contribution in [3.05, 3.63) is 0 Å². The molecule has 0 aromatic rings. The Hall–Kier alpha value is 1.51. The fraction of sp³-hybridized carbons (Fsp3) is 1.00. The van der Waals surface area contributed by atoms with Gasteiger partial charge in [0.1, 0.15) is 0 Å². The van der Waals surface area contributed by atoms with Crippen LogP contribution in [0.15, 0.2) is 0 Å². The third kappa shape index (κ3) is 12.9. The first-order chi connectivity index (χ1) is 8.41. The first kappa shape index (κ1) is 22.8. The quantitative estimate of drug-likeness (QED) is 0.326. The monoisotopic (exact) mass is 318 g/mol. The van der Waals surface area contributed by atoms with Gasteiger partial charge < -0.3 is 9.66 Å². The Labute approximate surface area is 160 Å². The number of hydrogen-bond acceptors (Lipinski definition) is 4. The van der Waals surface area contributed by atoms with Crippen LogP contribution >= 0.6 is 0 Å². The normalized spacial score (nSPS) is 14.7. The summed E-state index contributed by atoms with van der Waals surface area (Å²) in [4.78, 5) is 0. The summed E-state index contributed by atoms with van der Waals surface area (Å²) in [5.74, 6) is 0. The predicted molar refractivity (Wildman–Crippen MR) is 72.4 cm³/mol. The molecule has 0 aromatic carbocycles. The fourth-order valence-electron chi connectivity index (χ4n) is 2.02. The number of aliphatic hydroxyl groups excluding tert-OH is 1. The van der Waals surface area contributed by atoms with Crippen molar-refractivity contribution in [2.45, 2.75) is 83.0 Å². The zero-order valence-electron chi connectivity index (χ0n) is 12.6. The first-order valence-electron chi connectivity index (χ1n) is 7.04. The van der Waals surface area contributed by atoms with E-state index in [0.717, 1.165) is 32.1 Å². The molecule has 0 aliphatic rings. The summed E-state index contributed by atoms with van der Waals surface area (Å²) in [6.07, 6.45) is 6.12. The van der Waals surface area contributed by atoms with Gasteiger partial charge in [-0.15, -0.1) is 0 Å². The second-order valence-corrected chi connectivity index (χ2v) is 6.64. The van der Waals surface area contributed by atoms with E-state index >= 15 is 0 Å². The second-order valence-electron chi connectivity index (χ2n) is 4.98. The average molecular weight is 319 g/mol. The van der Waals surface area contributed by atoms with Crippen molar-refractivity contribution in [3.63, 3.8) is 0 Å². The van der Waals surface area contributed by atoms with E-state index in [1.807, 2.05) is 6.92 Å². The molecule has 6 heteroatoms. The fourth-order valence-corrected chi connectivity index (χ4v) is 2.90. The van der Waals surface area contributed by atoms with Crippen LogP contribution in [-0.2, 0) is 10.1 Å². The molecule has 4 nitrogen and oxygen atoms in total. The average Bonchev–Trinajstić information content (AvgIpc) is 2.27. The number of hydrogen-bond donors (Lipinski definition) is 1. The van der Waals surface area contributed by atoms with E-state index in [1.165, 1.54) is 0 Å². The molecule has 2 unspecified atom stereocenters. The van der Waals surface area contributed by atoms with Crippen LogP contribution < -0.4 is 51.4 Å². The minimum atomic E-state index is -4.22. The molecule has 0 aliphatic heterocycles. The summed E-state index contributed by atoms with van der Waals surface area (Å²) in [5, 5.41) is 8.90. The summed E-state index contributed by atoms with van der Waals surface area (Å²) < 4.78 is 33.2. The van der Waals surface area contributed by atoms with Crippen molar-refractivity contribution in [3.8, 4) is 0 Å². The van der Waals surface area contributed by atoms with Crippen LogP contribution in [-0.4, -0.2) is 29.4 Å². The minimum absolute atomic E-state index is 0. The third-order valence-corrected chi connectivity index (χ3v) is 4.54. The molecule has 110 valence electrons. The van der Waals surface area contributed by atoms with Crippen molar-refractivity contribution in [2.75, 3.05) is 0 Å². The number of aliphatic hydroxyl groups is 1. The van der Waals surface area contributed by atoms with E-state index in [0.29, 0.717) is 25.7 Å². The van der Waals surface area contributed by atoms with Crippen molar-refractivity contribution in [1.29, 1.82) is 0 Å². The van der Waals surface area contributed by atoms with E-state index in [-0.39, 0.29) is 51.4 Å². The van der Waals surface area contributed by atoms with Gasteiger partial charge in [0.25, 0.3) is 0 Å². The van der Waals surface area contributed by atoms with Crippen molar-refractivity contribution in [1.82, 2.24) is 0 Å².